The lowest BCUT2D eigenvalue weighted by molar-refractivity contribution is 0.0974. The molecule has 1 N–H and O–H groups in total. The summed E-state index contributed by atoms with van der Waals surface area (Å²) < 4.78 is 17.1. The molecule has 29 heavy (non-hydrogen) atoms. The van der Waals surface area contributed by atoms with Gasteiger partial charge in [0.1, 0.15) is 19.4 Å². The molecule has 0 bridgehead atoms. The van der Waals surface area contributed by atoms with E-state index in [0.717, 1.165) is 16.9 Å². The van der Waals surface area contributed by atoms with Gasteiger partial charge in [-0.05, 0) is 36.4 Å². The Balaban J connectivity index is 1.67. The van der Waals surface area contributed by atoms with Crippen LogP contribution in [0.15, 0.2) is 66.7 Å². The first-order valence-corrected chi connectivity index (χ1v) is 9.48. The van der Waals surface area contributed by atoms with Crippen LogP contribution >= 0.6 is 0 Å². The van der Waals surface area contributed by atoms with Crippen LogP contribution in [-0.4, -0.2) is 26.2 Å². The molecule has 0 fully saturated rings. The minimum Gasteiger partial charge on any atom is -0.493 e. The van der Waals surface area contributed by atoms with Gasteiger partial charge in [-0.15, -0.1) is 0 Å². The van der Waals surface area contributed by atoms with Crippen LogP contribution in [0.2, 0.25) is 0 Å². The fraction of sp³-hybridized carbons (Fsp3) is 0.174. The van der Waals surface area contributed by atoms with E-state index in [9.17, 15) is 4.79 Å². The molecular weight excluding hydrogens is 368 g/mol. The number of rotatable bonds is 3. The lowest BCUT2D eigenvalue weighted by atomic mass is 10.0. The SMILES string of the molecule is COc1cc(C2Nc3ccccc3C(=O)N2c2ccccc2)cc2c1OCCO2. The van der Waals surface area contributed by atoms with Crippen LogP contribution < -0.4 is 24.4 Å². The molecule has 3 aromatic rings. The minimum atomic E-state index is -0.426. The number of fused-ring (bicyclic) bond motifs is 2. The minimum absolute atomic E-state index is 0.0654. The van der Waals surface area contributed by atoms with Gasteiger partial charge in [-0.2, -0.15) is 0 Å². The van der Waals surface area contributed by atoms with Crippen LogP contribution in [0.5, 0.6) is 17.2 Å². The third-order valence-electron chi connectivity index (χ3n) is 5.13. The van der Waals surface area contributed by atoms with Crippen molar-refractivity contribution in [2.75, 3.05) is 30.5 Å². The third kappa shape index (κ3) is 2.93. The second-order valence-electron chi connectivity index (χ2n) is 6.85. The number of amides is 1. The lowest BCUT2D eigenvalue weighted by Crippen LogP contribution is -2.43. The lowest BCUT2D eigenvalue weighted by Gasteiger charge is -2.38. The molecule has 1 unspecified atom stereocenters. The van der Waals surface area contributed by atoms with Crippen molar-refractivity contribution in [2.45, 2.75) is 6.17 Å². The van der Waals surface area contributed by atoms with Gasteiger partial charge in [-0.25, -0.2) is 0 Å². The first-order valence-electron chi connectivity index (χ1n) is 9.48. The quantitative estimate of drug-likeness (QED) is 0.727. The molecule has 3 aromatic carbocycles. The van der Waals surface area contributed by atoms with E-state index in [1.807, 2.05) is 66.7 Å². The van der Waals surface area contributed by atoms with E-state index in [0.29, 0.717) is 36.0 Å². The number of benzene rings is 3. The summed E-state index contributed by atoms with van der Waals surface area (Å²) in [7, 11) is 1.60. The summed E-state index contributed by atoms with van der Waals surface area (Å²) in [5, 5.41) is 3.50. The van der Waals surface area contributed by atoms with E-state index >= 15 is 0 Å². The molecular formula is C23H20N2O4. The van der Waals surface area contributed by atoms with Crippen LogP contribution in [-0.2, 0) is 0 Å². The Labute approximate surface area is 168 Å². The zero-order valence-corrected chi connectivity index (χ0v) is 15.9. The molecule has 1 amide bonds. The van der Waals surface area contributed by atoms with Crippen LogP contribution in [0.3, 0.4) is 0 Å². The van der Waals surface area contributed by atoms with Crippen LogP contribution in [0, 0.1) is 0 Å². The Morgan fingerprint density at radius 2 is 1.76 bits per heavy atom. The summed E-state index contributed by atoms with van der Waals surface area (Å²) in [6, 6.07) is 21.0. The molecule has 5 rings (SSSR count). The summed E-state index contributed by atoms with van der Waals surface area (Å²) in [5.74, 6) is 1.73. The Hall–Kier alpha value is -3.67. The third-order valence-corrected chi connectivity index (χ3v) is 5.13. The maximum Gasteiger partial charge on any atom is 0.262 e. The predicted octanol–water partition coefficient (Wildman–Crippen LogP) is 4.24. The monoisotopic (exact) mass is 388 g/mol. The second kappa shape index (κ2) is 7.05. The van der Waals surface area contributed by atoms with E-state index in [2.05, 4.69) is 5.32 Å². The average Bonchev–Trinajstić information content (AvgIpc) is 2.79. The highest BCUT2D eigenvalue weighted by Gasteiger charge is 2.35. The van der Waals surface area contributed by atoms with Gasteiger partial charge in [0.25, 0.3) is 5.91 Å². The number of hydrogen-bond donors (Lipinski definition) is 1. The summed E-state index contributed by atoms with van der Waals surface area (Å²) in [5.41, 5.74) is 3.08. The molecule has 1 atom stereocenters. The molecule has 2 aliphatic heterocycles. The van der Waals surface area contributed by atoms with Gasteiger partial charge in [0.05, 0.1) is 12.7 Å². The number of ether oxygens (including phenoxy) is 3. The molecule has 146 valence electrons. The molecule has 2 aliphatic rings. The molecule has 6 nitrogen and oxygen atoms in total. The van der Waals surface area contributed by atoms with Gasteiger partial charge >= 0.3 is 0 Å². The molecule has 6 heteroatoms. The number of para-hydroxylation sites is 2. The van der Waals surface area contributed by atoms with Gasteiger partial charge in [0, 0.05) is 16.9 Å². The molecule has 0 saturated heterocycles. The number of hydrogen-bond acceptors (Lipinski definition) is 5. The van der Waals surface area contributed by atoms with Crippen molar-refractivity contribution in [1.29, 1.82) is 0 Å². The van der Waals surface area contributed by atoms with E-state index in [4.69, 9.17) is 14.2 Å². The highest BCUT2D eigenvalue weighted by molar-refractivity contribution is 6.12. The smallest absolute Gasteiger partial charge is 0.262 e. The number of carbonyl (C=O) groups excluding carboxylic acids is 1. The fourth-order valence-corrected chi connectivity index (χ4v) is 3.79. The van der Waals surface area contributed by atoms with Crippen molar-refractivity contribution in [1.82, 2.24) is 0 Å². The standard InChI is InChI=1S/C23H20N2O4/c1-27-19-13-15(14-20-21(19)29-12-11-28-20)22-24-18-10-6-5-9-17(18)23(26)25(22)16-7-3-2-4-8-16/h2-10,13-14,22,24H,11-12H2,1H3. The van der Waals surface area contributed by atoms with Gasteiger partial charge in [-0.1, -0.05) is 30.3 Å². The van der Waals surface area contributed by atoms with E-state index in [-0.39, 0.29) is 5.91 Å². The highest BCUT2D eigenvalue weighted by atomic mass is 16.6. The highest BCUT2D eigenvalue weighted by Crippen LogP contribution is 2.44. The topological polar surface area (TPSA) is 60.0 Å². The molecule has 0 aliphatic carbocycles. The van der Waals surface area contributed by atoms with Gasteiger partial charge in [0.15, 0.2) is 11.5 Å². The molecule has 2 heterocycles. The van der Waals surface area contributed by atoms with Crippen molar-refractivity contribution in [2.24, 2.45) is 0 Å². The molecule has 0 radical (unpaired) electrons. The van der Waals surface area contributed by atoms with Crippen LogP contribution in [0.25, 0.3) is 0 Å². The van der Waals surface area contributed by atoms with E-state index in [1.54, 1.807) is 12.0 Å². The van der Waals surface area contributed by atoms with Gasteiger partial charge in [0.2, 0.25) is 5.75 Å². The summed E-state index contributed by atoms with van der Waals surface area (Å²) in [4.78, 5) is 15.2. The maximum absolute atomic E-state index is 13.4. The first kappa shape index (κ1) is 17.4. The average molecular weight is 388 g/mol. The second-order valence-corrected chi connectivity index (χ2v) is 6.85. The largest absolute Gasteiger partial charge is 0.493 e. The number of carbonyl (C=O) groups is 1. The predicted molar refractivity (Wildman–Crippen MR) is 110 cm³/mol. The van der Waals surface area contributed by atoms with Crippen molar-refractivity contribution in [3.63, 3.8) is 0 Å². The number of anilines is 2. The van der Waals surface area contributed by atoms with Crippen molar-refractivity contribution in [3.05, 3.63) is 77.9 Å². The van der Waals surface area contributed by atoms with Gasteiger partial charge < -0.3 is 19.5 Å². The molecule has 0 saturated carbocycles. The molecule has 0 spiro atoms. The number of nitrogens with one attached hydrogen (secondary N) is 1. The number of nitrogens with zero attached hydrogens (tertiary/aromatic N) is 1. The normalized spacial score (nSPS) is 17.3. The van der Waals surface area contributed by atoms with Crippen LogP contribution in [0.1, 0.15) is 22.1 Å². The Bertz CT molecular complexity index is 1050. The first-order chi connectivity index (χ1) is 14.3. The van der Waals surface area contributed by atoms with Crippen LogP contribution in [0.4, 0.5) is 11.4 Å². The zero-order chi connectivity index (χ0) is 19.8. The van der Waals surface area contributed by atoms with Crippen molar-refractivity contribution < 1.29 is 19.0 Å². The Morgan fingerprint density at radius 3 is 2.59 bits per heavy atom. The van der Waals surface area contributed by atoms with Crippen molar-refractivity contribution >= 4 is 17.3 Å². The van der Waals surface area contributed by atoms with E-state index < -0.39 is 6.17 Å². The Morgan fingerprint density at radius 1 is 1.00 bits per heavy atom. The fourth-order valence-electron chi connectivity index (χ4n) is 3.79. The summed E-state index contributed by atoms with van der Waals surface area (Å²) >= 11 is 0. The summed E-state index contributed by atoms with van der Waals surface area (Å²) in [6.07, 6.45) is -0.426. The number of methoxy groups -OCH3 is 1. The van der Waals surface area contributed by atoms with Gasteiger partial charge in [-0.3, -0.25) is 9.69 Å². The summed E-state index contributed by atoms with van der Waals surface area (Å²) in [6.45, 7) is 0.953. The maximum atomic E-state index is 13.4. The molecule has 0 aromatic heterocycles. The Kier molecular flexibility index (Phi) is 4.24. The van der Waals surface area contributed by atoms with E-state index in [1.165, 1.54) is 0 Å². The van der Waals surface area contributed by atoms with Crippen molar-refractivity contribution in [3.8, 4) is 17.2 Å². The zero-order valence-electron chi connectivity index (χ0n) is 15.9.